The number of nitrogens with zero attached hydrogens (tertiary/aromatic N) is 10. The molecule has 0 fully saturated rings. The molecule has 0 unspecified atom stereocenters. The van der Waals surface area contributed by atoms with Crippen molar-refractivity contribution in [2.45, 2.75) is 134 Å². The van der Waals surface area contributed by atoms with Crippen LogP contribution in [0.15, 0.2) is 0 Å². The van der Waals surface area contributed by atoms with Crippen LogP contribution in [0.2, 0.25) is 0 Å². The molecule has 0 aliphatic heterocycles. The summed E-state index contributed by atoms with van der Waals surface area (Å²) in [5.41, 5.74) is 0. The van der Waals surface area contributed by atoms with Crippen molar-refractivity contribution in [3.05, 3.63) is 0 Å². The number of amides is 10. The van der Waals surface area contributed by atoms with Crippen LogP contribution in [0.1, 0.15) is 134 Å². The Morgan fingerprint density at radius 1 is 0.240 bits per heavy atom. The molecule has 39 heteroatoms. The van der Waals surface area contributed by atoms with E-state index in [1.807, 2.05) is 27.7 Å². The first-order valence-electron chi connectivity index (χ1n) is 32.7. The molecule has 0 spiro atoms. The summed E-state index contributed by atoms with van der Waals surface area (Å²) in [6, 6.07) is -2.37. The van der Waals surface area contributed by atoms with Gasteiger partial charge in [0.2, 0.25) is 0 Å². The van der Waals surface area contributed by atoms with Gasteiger partial charge in [-0.05, 0) is 53.4 Å². The minimum atomic E-state index is -0.847. The molecule has 0 aromatic carbocycles. The van der Waals surface area contributed by atoms with Crippen LogP contribution in [0.3, 0.4) is 0 Å². The third kappa shape index (κ3) is 58.3. The average Bonchev–Trinajstić information content (AvgIpc) is 0.956. The Morgan fingerprint density at radius 2 is 0.400 bits per heavy atom. The predicted octanol–water partition coefficient (Wildman–Crippen LogP) is 3.92. The lowest BCUT2D eigenvalue weighted by molar-refractivity contribution is -0.154. The Balaban J connectivity index is -0.000000386. The van der Waals surface area contributed by atoms with Crippen molar-refractivity contribution in [2.75, 3.05) is 216 Å². The maximum Gasteiger partial charge on any atom is 0.330 e. The van der Waals surface area contributed by atoms with Crippen LogP contribution >= 0.6 is 0 Å². The molecule has 100 heavy (non-hydrogen) atoms. The van der Waals surface area contributed by atoms with Crippen LogP contribution in [-0.4, -0.2) is 339 Å². The number of aliphatic hydroxyl groups excluding tert-OH is 4. The van der Waals surface area contributed by atoms with Crippen molar-refractivity contribution >= 4 is 54.0 Å². The first kappa shape index (κ1) is 102. The van der Waals surface area contributed by atoms with E-state index in [0.717, 1.165) is 88.9 Å². The molecule has 0 aromatic heterocycles. The van der Waals surface area contributed by atoms with Crippen molar-refractivity contribution < 1.29 is 139 Å². The van der Waals surface area contributed by atoms with Gasteiger partial charge < -0.3 is 96.2 Å². The second-order valence-electron chi connectivity index (χ2n) is 20.2. The number of urea groups is 5. The normalized spacial score (nSPS) is 10.3. The predicted molar refractivity (Wildman–Crippen MR) is 357 cm³/mol. The van der Waals surface area contributed by atoms with E-state index in [0.29, 0.717) is 62.7 Å². The zero-order valence-corrected chi connectivity index (χ0v) is 62.4. The molecule has 0 heterocycles. The number of hydrogen-bond donors (Lipinski definition) is 4. The lowest BCUT2D eigenvalue weighted by Crippen LogP contribution is -2.47. The van der Waals surface area contributed by atoms with Gasteiger partial charge in [0.1, 0.15) is 108 Å². The molecule has 4 N–H and O–H groups in total. The summed E-state index contributed by atoms with van der Waals surface area (Å²) < 4.78 is 82.2. The molecule has 0 rings (SSSR count). The van der Waals surface area contributed by atoms with E-state index in [-0.39, 0.29) is 98.9 Å². The Labute approximate surface area is 591 Å². The topological polar surface area (TPSA) is 415 Å². The number of aliphatic hydroxyl groups is 4. The maximum absolute atomic E-state index is 13.0. The van der Waals surface area contributed by atoms with Gasteiger partial charge in [-0.2, -0.15) is 0 Å². The molecule has 0 bridgehead atoms. The highest BCUT2D eigenvalue weighted by atomic mass is 16.6. The van der Waals surface area contributed by atoms with Crippen molar-refractivity contribution in [1.29, 1.82) is 0 Å². The smallest absolute Gasteiger partial charge is 0.330 e. The summed E-state index contributed by atoms with van der Waals surface area (Å²) in [6.07, 6.45) is 8.14. The van der Waals surface area contributed by atoms with Crippen LogP contribution < -0.4 is 0 Å². The van der Waals surface area contributed by atoms with E-state index in [1.165, 1.54) is 48.0 Å². The van der Waals surface area contributed by atoms with Gasteiger partial charge >= 0.3 is 54.0 Å². The number of unbranched alkanes of at least 4 members (excludes halogenated alkanes) is 4. The molecule has 0 radical (unpaired) electrons. The fourth-order valence-electron chi connectivity index (χ4n) is 6.30. The van der Waals surface area contributed by atoms with E-state index >= 15 is 0 Å². The van der Waals surface area contributed by atoms with E-state index in [2.05, 4.69) is 27.7 Å². The largest absolute Gasteiger partial charge is 0.444 e. The van der Waals surface area contributed by atoms with E-state index < -0.39 is 89.8 Å². The molecular formula is C61H124N10O29. The Kier molecular flexibility index (Phi) is 75.4. The summed E-state index contributed by atoms with van der Waals surface area (Å²) >= 11 is 0. The minimum absolute atomic E-state index is 0.149. The quantitative estimate of drug-likeness (QED) is 0.0290. The molecule has 0 aromatic rings. The molecule has 10 amide bonds. The average molecular weight is 1460 g/mol. The number of ether oxygens (including phenoxy) is 16. The molecule has 0 aliphatic rings. The molecule has 0 saturated carbocycles. The number of rotatable bonds is 52. The first-order chi connectivity index (χ1) is 48.0. The van der Waals surface area contributed by atoms with Crippen molar-refractivity contribution in [3.63, 3.8) is 0 Å². The lowest BCUT2D eigenvalue weighted by atomic mass is 10.4. The van der Waals surface area contributed by atoms with Crippen molar-refractivity contribution in [2.24, 2.45) is 0 Å². The highest BCUT2D eigenvalue weighted by Crippen LogP contribution is 2.08. The van der Waals surface area contributed by atoms with Gasteiger partial charge in [0.25, 0.3) is 0 Å². The summed E-state index contributed by atoms with van der Waals surface area (Å²) in [7, 11) is 6.03. The molecule has 0 aliphatic carbocycles. The van der Waals surface area contributed by atoms with Gasteiger partial charge in [0.05, 0.1) is 0 Å². The van der Waals surface area contributed by atoms with Gasteiger partial charge in [-0.15, -0.1) is 0 Å². The molecule has 0 atom stereocenters. The van der Waals surface area contributed by atoms with Crippen LogP contribution in [0.5, 0.6) is 0 Å². The second-order valence-corrected chi connectivity index (χ2v) is 20.2. The fraction of sp³-hybridized carbons (Fsp3) is 0.852. The minimum Gasteiger partial charge on any atom is -0.444 e. The fourth-order valence-corrected chi connectivity index (χ4v) is 6.30. The first-order valence-corrected chi connectivity index (χ1v) is 32.7. The van der Waals surface area contributed by atoms with Crippen LogP contribution in [0.25, 0.3) is 0 Å². The molecule has 39 nitrogen and oxygen atoms in total. The highest BCUT2D eigenvalue weighted by Gasteiger charge is 2.27. The number of methoxy groups -OCH3 is 4. The van der Waals surface area contributed by atoms with Crippen LogP contribution in [0.4, 0.5) is 24.0 Å². The van der Waals surface area contributed by atoms with Gasteiger partial charge in [0.15, 0.2) is 26.9 Å². The van der Waals surface area contributed by atoms with E-state index in [9.17, 15) is 43.2 Å². The summed E-state index contributed by atoms with van der Waals surface area (Å²) in [6.45, 7) is 22.6. The highest BCUT2D eigenvalue weighted by molar-refractivity contribution is 5.77. The number of esters is 4. The van der Waals surface area contributed by atoms with Crippen molar-refractivity contribution in [3.8, 4) is 0 Å². The maximum atomic E-state index is 13.0. The SMILES string of the molecule is CC(=O)OCN(COC(C)=O)C(=O)N(COC(C)=O)COC(C)=O.CCCCOCN(COCCCC)C(=O)N(COCCCC)COCCCC.CCOCN(COCC)C(=O)N(COCC)COCC.COCN(COC)C(=O)N(COC)COC.O=C(N(CO)CO)N(CO)CO. The summed E-state index contributed by atoms with van der Waals surface area (Å²) in [4.78, 5) is 116. The van der Waals surface area contributed by atoms with E-state index in [1.54, 1.807) is 9.80 Å². The number of carbonyl (C=O) groups is 9. The standard InChI is InChI=1S/C21H44N2O5.C13H20N2O9.C13H28N2O5.C9H20N2O5.C5H12N2O5/c1-5-9-13-25-17-22(18-26-14-10-6-2)21(24)23(19-27-15-11-7-3)20-28-16-12-8-4;1-9(16)21-5-14(6-22-10(2)17)13(20)15(7-23-11(3)18)8-24-12(4)19;1-5-17-9-14(10-18-6-2)13(16)15(11-19-7-3)12-20-8-4;1-13-5-10(6-14-2)9(12)11(7-15-3)8-16-4;8-1-6(2-9)5(12)7(3-10)4-11/h5-20H2,1-4H3;5-8H2,1-4H3;5-12H2,1-4H3;5-8H2,1-4H3;8-11H,1-4H2. The third-order valence-corrected chi connectivity index (χ3v) is 11.6. The van der Waals surface area contributed by atoms with Gasteiger partial charge in [-0.1, -0.05) is 53.4 Å². The number of hydrogen-bond acceptors (Lipinski definition) is 29. The zero-order valence-electron chi connectivity index (χ0n) is 62.4. The second kappa shape index (κ2) is 73.8. The molecular weight excluding hydrogens is 1340 g/mol. The zero-order chi connectivity index (χ0) is 76.7. The Morgan fingerprint density at radius 3 is 0.550 bits per heavy atom. The third-order valence-electron chi connectivity index (χ3n) is 11.6. The van der Waals surface area contributed by atoms with E-state index in [4.69, 9.17) is 96.2 Å². The van der Waals surface area contributed by atoms with Gasteiger partial charge in [-0.25, -0.2) is 24.0 Å². The Bertz CT molecular complexity index is 1800. The van der Waals surface area contributed by atoms with Crippen molar-refractivity contribution in [1.82, 2.24) is 49.0 Å². The monoisotopic (exact) mass is 1460 g/mol. The lowest BCUT2D eigenvalue weighted by Gasteiger charge is -2.30. The summed E-state index contributed by atoms with van der Waals surface area (Å²) in [5.74, 6) is -2.66. The van der Waals surface area contributed by atoms with Crippen LogP contribution in [-0.2, 0) is 95.0 Å². The number of carbonyl (C=O) groups excluding carboxylic acids is 9. The summed E-state index contributed by atoms with van der Waals surface area (Å²) in [5, 5.41) is 34.0. The van der Waals surface area contributed by atoms with Gasteiger partial charge in [0, 0.05) is 109 Å². The van der Waals surface area contributed by atoms with Crippen LogP contribution in [0, 0.1) is 0 Å². The van der Waals surface area contributed by atoms with Gasteiger partial charge in [-0.3, -0.25) is 68.2 Å². The molecule has 0 saturated heterocycles. The Hall–Kier alpha value is -6.41. The molecule has 592 valence electrons.